The zero-order chi connectivity index (χ0) is 19.0. The van der Waals surface area contributed by atoms with E-state index >= 15 is 0 Å². The van der Waals surface area contributed by atoms with Gasteiger partial charge in [-0.2, -0.15) is 4.99 Å². The average Bonchev–Trinajstić information content (AvgIpc) is 2.74. The summed E-state index contributed by atoms with van der Waals surface area (Å²) in [6, 6.07) is 0.534. The Hall–Kier alpha value is -0.940. The first kappa shape index (κ1) is 20.4. The van der Waals surface area contributed by atoms with Crippen LogP contribution in [0.2, 0.25) is 0 Å². The number of amides is 1. The number of carbonyl (C=O) groups excluding carboxylic acids is 1. The van der Waals surface area contributed by atoms with Crippen LogP contribution < -0.4 is 10.1 Å². The molecule has 2 rings (SSSR count). The second kappa shape index (κ2) is 7.36. The molecule has 25 heavy (non-hydrogen) atoms. The molecule has 0 radical (unpaired) electrons. The quantitative estimate of drug-likeness (QED) is 0.741. The minimum Gasteiger partial charge on any atom is -0.321 e. The van der Waals surface area contributed by atoms with Crippen LogP contribution in [0.25, 0.3) is 0 Å². The van der Waals surface area contributed by atoms with Crippen molar-refractivity contribution in [2.24, 2.45) is 21.7 Å². The summed E-state index contributed by atoms with van der Waals surface area (Å²) in [7, 11) is 0. The van der Waals surface area contributed by atoms with Crippen molar-refractivity contribution in [1.29, 1.82) is 0 Å². The second-order valence-corrected chi connectivity index (χ2v) is 10.0. The van der Waals surface area contributed by atoms with Gasteiger partial charge in [-0.1, -0.05) is 41.5 Å². The van der Waals surface area contributed by atoms with Crippen molar-refractivity contribution in [2.45, 2.75) is 80.8 Å². The maximum absolute atomic E-state index is 12.7. The molecule has 0 spiro atoms. The lowest BCUT2D eigenvalue weighted by Crippen LogP contribution is -2.24. The van der Waals surface area contributed by atoms with E-state index in [2.05, 4.69) is 70.3 Å². The van der Waals surface area contributed by atoms with Gasteiger partial charge in [0.2, 0.25) is 0 Å². The number of rotatable bonds is 7. The number of hydrogen-bond acceptors (Lipinski definition) is 3. The molecule has 0 saturated heterocycles. The van der Waals surface area contributed by atoms with Crippen molar-refractivity contribution in [3.05, 3.63) is 15.4 Å². The van der Waals surface area contributed by atoms with Crippen LogP contribution in [0.4, 0.5) is 0 Å². The number of carbonyl (C=O) groups is 1. The molecule has 4 nitrogen and oxygen atoms in total. The smallest absolute Gasteiger partial charge is 0.252 e. The molecule has 1 aliphatic carbocycles. The van der Waals surface area contributed by atoms with E-state index in [1.54, 1.807) is 11.3 Å². The third-order valence-electron chi connectivity index (χ3n) is 6.22. The molecule has 1 N–H and O–H groups in total. The minimum atomic E-state index is 0.0337. The van der Waals surface area contributed by atoms with Crippen molar-refractivity contribution >= 4 is 17.2 Å². The Morgan fingerprint density at radius 3 is 2.32 bits per heavy atom. The molecule has 0 unspecified atom stereocenters. The van der Waals surface area contributed by atoms with E-state index < -0.39 is 0 Å². The Labute approximate surface area is 156 Å². The third kappa shape index (κ3) is 4.08. The van der Waals surface area contributed by atoms with Crippen molar-refractivity contribution < 1.29 is 4.79 Å². The highest BCUT2D eigenvalue weighted by atomic mass is 32.1. The molecule has 5 heteroatoms. The van der Waals surface area contributed by atoms with Gasteiger partial charge in [0.15, 0.2) is 4.80 Å². The van der Waals surface area contributed by atoms with Gasteiger partial charge in [0.1, 0.15) is 0 Å². The summed E-state index contributed by atoms with van der Waals surface area (Å²) in [4.78, 5) is 19.4. The first-order valence-corrected chi connectivity index (χ1v) is 10.3. The standard InChI is InChI=1S/C20H35N3OS/c1-13(2)21-11-9-10-12-23-14(3)15(4)25-18(23)22-17(24)16-19(5,6)20(16,7)8/h13,16,21H,9-12H2,1-8H3/b22-18-. The Morgan fingerprint density at radius 2 is 1.80 bits per heavy atom. The third-order valence-corrected chi connectivity index (χ3v) is 7.32. The number of aromatic nitrogens is 1. The summed E-state index contributed by atoms with van der Waals surface area (Å²) in [5.74, 6) is 0.0814. The molecule has 1 aromatic rings. The summed E-state index contributed by atoms with van der Waals surface area (Å²) in [5.41, 5.74) is 1.33. The van der Waals surface area contributed by atoms with Gasteiger partial charge in [0.25, 0.3) is 5.91 Å². The molecule has 1 aromatic heterocycles. The topological polar surface area (TPSA) is 46.4 Å². The number of hydrogen-bond donors (Lipinski definition) is 1. The summed E-state index contributed by atoms with van der Waals surface area (Å²) < 4.78 is 2.23. The van der Waals surface area contributed by atoms with Gasteiger partial charge in [-0.15, -0.1) is 11.3 Å². The first-order valence-electron chi connectivity index (χ1n) is 9.49. The Morgan fingerprint density at radius 1 is 1.20 bits per heavy atom. The van der Waals surface area contributed by atoms with Crippen LogP contribution in [0, 0.1) is 30.6 Å². The summed E-state index contributed by atoms with van der Waals surface area (Å²) in [6.45, 7) is 19.2. The van der Waals surface area contributed by atoms with E-state index in [-0.39, 0.29) is 22.7 Å². The van der Waals surface area contributed by atoms with Crippen molar-refractivity contribution in [1.82, 2.24) is 9.88 Å². The average molecular weight is 366 g/mol. The molecular formula is C20H35N3OS. The molecule has 1 amide bonds. The van der Waals surface area contributed by atoms with Gasteiger partial charge in [-0.25, -0.2) is 0 Å². The Bertz CT molecular complexity index is 680. The fourth-order valence-corrected chi connectivity index (χ4v) is 4.71. The zero-order valence-corrected chi connectivity index (χ0v) is 18.0. The van der Waals surface area contributed by atoms with Crippen LogP contribution in [0.1, 0.15) is 65.0 Å². The number of aryl methyl sites for hydroxylation is 1. The summed E-state index contributed by atoms with van der Waals surface area (Å²) >= 11 is 1.64. The molecule has 0 bridgehead atoms. The van der Waals surface area contributed by atoms with Crippen LogP contribution in [0.5, 0.6) is 0 Å². The lowest BCUT2D eigenvalue weighted by Gasteiger charge is -2.09. The van der Waals surface area contributed by atoms with Gasteiger partial charge in [-0.3, -0.25) is 4.79 Å². The molecule has 0 atom stereocenters. The number of nitrogens with zero attached hydrogens (tertiary/aromatic N) is 2. The number of nitrogens with one attached hydrogen (secondary N) is 1. The lowest BCUT2D eigenvalue weighted by molar-refractivity contribution is -0.120. The van der Waals surface area contributed by atoms with Gasteiger partial charge >= 0.3 is 0 Å². The van der Waals surface area contributed by atoms with Crippen LogP contribution in [-0.2, 0) is 11.3 Å². The van der Waals surface area contributed by atoms with E-state index in [1.807, 2.05) is 0 Å². The normalized spacial score (nSPS) is 19.6. The molecule has 1 fully saturated rings. The maximum Gasteiger partial charge on any atom is 0.252 e. The monoisotopic (exact) mass is 365 g/mol. The highest BCUT2D eigenvalue weighted by Gasteiger charge is 2.68. The molecule has 1 heterocycles. The number of thiazole rings is 1. The highest BCUT2D eigenvalue weighted by molar-refractivity contribution is 7.09. The van der Waals surface area contributed by atoms with Crippen LogP contribution in [0.15, 0.2) is 4.99 Å². The first-order chi connectivity index (χ1) is 11.5. The van der Waals surface area contributed by atoms with Gasteiger partial charge in [0.05, 0.1) is 5.92 Å². The molecule has 1 aliphatic rings. The fourth-order valence-electron chi connectivity index (χ4n) is 3.70. The predicted molar refractivity (Wildman–Crippen MR) is 106 cm³/mol. The molecular weight excluding hydrogens is 330 g/mol. The van der Waals surface area contributed by atoms with E-state index in [9.17, 15) is 4.79 Å². The summed E-state index contributed by atoms with van der Waals surface area (Å²) in [5, 5.41) is 3.46. The highest BCUT2D eigenvalue weighted by Crippen LogP contribution is 2.68. The van der Waals surface area contributed by atoms with Gasteiger partial charge < -0.3 is 9.88 Å². The van der Waals surface area contributed by atoms with Crippen molar-refractivity contribution in [3.63, 3.8) is 0 Å². The Kier molecular flexibility index (Phi) is 5.99. The predicted octanol–water partition coefficient (Wildman–Crippen LogP) is 4.05. The van der Waals surface area contributed by atoms with Crippen molar-refractivity contribution in [2.75, 3.05) is 6.54 Å². The molecule has 0 aromatic carbocycles. The largest absolute Gasteiger partial charge is 0.321 e. The lowest BCUT2D eigenvalue weighted by atomic mass is 10.0. The second-order valence-electron chi connectivity index (χ2n) is 8.82. The van der Waals surface area contributed by atoms with Crippen LogP contribution in [0.3, 0.4) is 0 Å². The molecule has 142 valence electrons. The van der Waals surface area contributed by atoms with E-state index in [0.717, 1.165) is 30.7 Å². The maximum atomic E-state index is 12.7. The molecule has 1 saturated carbocycles. The van der Waals surface area contributed by atoms with E-state index in [1.165, 1.54) is 10.6 Å². The Balaban J connectivity index is 2.11. The summed E-state index contributed by atoms with van der Waals surface area (Å²) in [6.07, 6.45) is 2.23. The van der Waals surface area contributed by atoms with Gasteiger partial charge in [-0.05, 0) is 44.1 Å². The van der Waals surface area contributed by atoms with Crippen LogP contribution in [-0.4, -0.2) is 23.1 Å². The SMILES string of the molecule is Cc1s/c(=N\C(=O)C2C(C)(C)C2(C)C)n(CCCCNC(C)C)c1C. The zero-order valence-electron chi connectivity index (χ0n) is 17.2. The minimum absolute atomic E-state index is 0.0337. The van der Waals surface area contributed by atoms with Crippen LogP contribution >= 0.6 is 11.3 Å². The molecule has 0 aliphatic heterocycles. The van der Waals surface area contributed by atoms with E-state index in [4.69, 9.17) is 0 Å². The van der Waals surface area contributed by atoms with E-state index in [0.29, 0.717) is 6.04 Å². The van der Waals surface area contributed by atoms with Gasteiger partial charge in [0, 0.05) is 23.2 Å². The fraction of sp³-hybridized carbons (Fsp3) is 0.800. The van der Waals surface area contributed by atoms with Crippen molar-refractivity contribution in [3.8, 4) is 0 Å². The number of unbranched alkanes of at least 4 members (excludes halogenated alkanes) is 1.